The number of carbonyl (C=O) groups is 5. The van der Waals surface area contributed by atoms with Gasteiger partial charge in [-0.25, -0.2) is 4.39 Å². The third-order valence-electron chi connectivity index (χ3n) is 13.3. The fraction of sp³-hybridized carbons (Fsp3) is 0.442. The van der Waals surface area contributed by atoms with Gasteiger partial charge in [0.2, 0.25) is 11.8 Å². The van der Waals surface area contributed by atoms with Gasteiger partial charge in [0.25, 0.3) is 17.7 Å². The summed E-state index contributed by atoms with van der Waals surface area (Å²) in [4.78, 5) is 73.9. The number of hydrogen-bond donors (Lipinski definition) is 1. The standard InChI is InChI=1S/C43H43ClFN7O5/c1-25-20-43(24-51(25)31-4-2-27(21-46)34(44)19-31)10-14-48(15-11-43)36-5-3-26(18-35(36)45)40(55)49-12-8-30(9-13-49)50-22-28-16-32-33(17-29(28)23-50)42(57)52(41(32)56)37-6-7-38(53)47-39(37)54/h2-5,16-19,25,30,37H,6-15,20,22-24H2,1H3,(H,47,53,54). The van der Waals surface area contributed by atoms with Crippen molar-refractivity contribution < 1.29 is 28.4 Å². The quantitative estimate of drug-likeness (QED) is 0.344. The molecule has 6 aliphatic rings. The first-order valence-corrected chi connectivity index (χ1v) is 20.2. The van der Waals surface area contributed by atoms with E-state index in [9.17, 15) is 29.2 Å². The topological polar surface area (TPSA) is 137 Å². The van der Waals surface area contributed by atoms with Gasteiger partial charge in [0.05, 0.1) is 27.4 Å². The van der Waals surface area contributed by atoms with Crippen LogP contribution in [0.25, 0.3) is 0 Å². The lowest BCUT2D eigenvalue weighted by molar-refractivity contribution is -0.136. The lowest BCUT2D eigenvalue weighted by Gasteiger charge is -2.40. The van der Waals surface area contributed by atoms with Crippen LogP contribution in [0.5, 0.6) is 0 Å². The minimum absolute atomic E-state index is 0.0725. The molecule has 0 saturated carbocycles. The SMILES string of the molecule is CC1CC2(CCN(c3ccc(C(=O)N4CCC(N5Cc6cc7c(cc6C5)C(=O)N(C5CCC(=O)NC5=O)C7=O)CC4)cc3F)CC2)CN1c1ccc(C#N)c(Cl)c1. The van der Waals surface area contributed by atoms with Crippen LogP contribution < -0.4 is 15.1 Å². The Labute approximate surface area is 335 Å². The number of fused-ring (bicyclic) bond motifs is 2. The Morgan fingerprint density at radius 1 is 0.912 bits per heavy atom. The molecule has 4 saturated heterocycles. The Hall–Kier alpha value is -5.32. The number of nitriles is 1. The maximum Gasteiger partial charge on any atom is 0.262 e. The lowest BCUT2D eigenvalue weighted by atomic mass is 9.76. The molecule has 294 valence electrons. The Bertz CT molecular complexity index is 2230. The summed E-state index contributed by atoms with van der Waals surface area (Å²) in [6.45, 7) is 6.84. The van der Waals surface area contributed by atoms with Crippen LogP contribution in [0, 0.1) is 22.6 Å². The smallest absolute Gasteiger partial charge is 0.262 e. The second kappa shape index (κ2) is 14.3. The van der Waals surface area contributed by atoms with Crippen LogP contribution in [0.2, 0.25) is 5.02 Å². The second-order valence-corrected chi connectivity index (χ2v) is 17.1. The van der Waals surface area contributed by atoms with Gasteiger partial charge in [0.1, 0.15) is 17.9 Å². The van der Waals surface area contributed by atoms with Gasteiger partial charge < -0.3 is 14.7 Å². The van der Waals surface area contributed by atoms with Crippen molar-refractivity contribution in [3.8, 4) is 6.07 Å². The van der Waals surface area contributed by atoms with Crippen molar-refractivity contribution in [2.75, 3.05) is 42.5 Å². The highest BCUT2D eigenvalue weighted by Gasteiger charge is 2.47. The number of piperidine rings is 3. The molecule has 0 aromatic heterocycles. The average Bonchev–Trinajstić information content (AvgIpc) is 3.85. The molecule has 4 fully saturated rings. The zero-order valence-electron chi connectivity index (χ0n) is 31.7. The predicted octanol–water partition coefficient (Wildman–Crippen LogP) is 5.26. The summed E-state index contributed by atoms with van der Waals surface area (Å²) >= 11 is 6.35. The Kier molecular flexibility index (Phi) is 9.32. The van der Waals surface area contributed by atoms with Crippen molar-refractivity contribution in [1.82, 2.24) is 20.0 Å². The average molecular weight is 792 g/mol. The monoisotopic (exact) mass is 791 g/mol. The van der Waals surface area contributed by atoms with E-state index in [-0.39, 0.29) is 47.1 Å². The second-order valence-electron chi connectivity index (χ2n) is 16.7. The van der Waals surface area contributed by atoms with Crippen LogP contribution >= 0.6 is 11.6 Å². The number of benzene rings is 3. The Morgan fingerprint density at radius 3 is 2.21 bits per heavy atom. The molecule has 0 aliphatic carbocycles. The van der Waals surface area contributed by atoms with E-state index in [1.807, 2.05) is 12.1 Å². The minimum atomic E-state index is -0.996. The molecule has 9 rings (SSSR count). The number of imide groups is 2. The summed E-state index contributed by atoms with van der Waals surface area (Å²) in [5.41, 5.74) is 4.97. The molecule has 57 heavy (non-hydrogen) atoms. The molecule has 0 bridgehead atoms. The molecule has 3 aromatic rings. The number of halogens is 2. The normalized spacial score (nSPS) is 23.6. The molecule has 6 heterocycles. The third-order valence-corrected chi connectivity index (χ3v) is 13.6. The van der Waals surface area contributed by atoms with Crippen LogP contribution in [-0.2, 0) is 22.7 Å². The van der Waals surface area contributed by atoms with Gasteiger partial charge in [-0.15, -0.1) is 0 Å². The van der Waals surface area contributed by atoms with Crippen molar-refractivity contribution in [2.45, 2.75) is 83.1 Å². The molecule has 3 aromatic carbocycles. The highest BCUT2D eigenvalue weighted by atomic mass is 35.5. The molecule has 2 unspecified atom stereocenters. The molecule has 1 N–H and O–H groups in total. The van der Waals surface area contributed by atoms with Crippen molar-refractivity contribution in [2.24, 2.45) is 5.41 Å². The number of anilines is 2. The van der Waals surface area contributed by atoms with Crippen LogP contribution in [0.4, 0.5) is 15.8 Å². The van der Waals surface area contributed by atoms with Crippen LogP contribution in [0.1, 0.15) is 99.6 Å². The van der Waals surface area contributed by atoms with E-state index >= 15 is 4.39 Å². The molecule has 5 amide bonds. The summed E-state index contributed by atoms with van der Waals surface area (Å²) < 4.78 is 15.7. The molecular formula is C43H43ClFN7O5. The van der Waals surface area contributed by atoms with Gasteiger partial charge in [0, 0.05) is 75.6 Å². The highest BCUT2D eigenvalue weighted by molar-refractivity contribution is 6.32. The number of nitrogens with one attached hydrogen (secondary N) is 1. The van der Waals surface area contributed by atoms with E-state index in [0.717, 1.165) is 73.5 Å². The molecule has 6 aliphatic heterocycles. The number of amides is 5. The summed E-state index contributed by atoms with van der Waals surface area (Å²) in [7, 11) is 0. The summed E-state index contributed by atoms with van der Waals surface area (Å²) in [6, 6.07) is 15.7. The Balaban J connectivity index is 0.781. The van der Waals surface area contributed by atoms with E-state index in [4.69, 9.17) is 11.6 Å². The summed E-state index contributed by atoms with van der Waals surface area (Å²) in [5.74, 6) is -2.63. The van der Waals surface area contributed by atoms with E-state index in [0.29, 0.717) is 54.1 Å². The number of likely N-dealkylation sites (tertiary alicyclic amines) is 1. The minimum Gasteiger partial charge on any atom is -0.369 e. The summed E-state index contributed by atoms with van der Waals surface area (Å²) in [5, 5.41) is 12.0. The van der Waals surface area contributed by atoms with Crippen LogP contribution in [0.3, 0.4) is 0 Å². The maximum absolute atomic E-state index is 15.7. The van der Waals surface area contributed by atoms with Gasteiger partial charge in [-0.2, -0.15) is 5.26 Å². The zero-order chi connectivity index (χ0) is 39.7. The fourth-order valence-corrected chi connectivity index (χ4v) is 10.4. The molecule has 14 heteroatoms. The highest BCUT2D eigenvalue weighted by Crippen LogP contribution is 2.46. The first kappa shape index (κ1) is 37.3. The molecule has 0 radical (unpaired) electrons. The number of hydrogen-bond acceptors (Lipinski definition) is 9. The first-order chi connectivity index (χ1) is 27.4. The lowest BCUT2D eigenvalue weighted by Crippen LogP contribution is -2.54. The van der Waals surface area contributed by atoms with Crippen LogP contribution in [-0.4, -0.2) is 95.1 Å². The maximum atomic E-state index is 15.7. The Morgan fingerprint density at radius 2 is 1.60 bits per heavy atom. The first-order valence-electron chi connectivity index (χ1n) is 19.8. The zero-order valence-corrected chi connectivity index (χ0v) is 32.5. The molecule has 2 atom stereocenters. The van der Waals surface area contributed by atoms with Crippen molar-refractivity contribution in [3.05, 3.63) is 92.8 Å². The van der Waals surface area contributed by atoms with Gasteiger partial charge in [0.15, 0.2) is 0 Å². The third kappa shape index (κ3) is 6.52. The van der Waals surface area contributed by atoms with Crippen molar-refractivity contribution in [1.29, 1.82) is 5.26 Å². The van der Waals surface area contributed by atoms with Gasteiger partial charge in [-0.1, -0.05) is 11.6 Å². The number of nitrogens with zero attached hydrogens (tertiary/aromatic N) is 6. The molecular weight excluding hydrogens is 749 g/mol. The predicted molar refractivity (Wildman–Crippen MR) is 209 cm³/mol. The van der Waals surface area contributed by atoms with E-state index in [1.54, 1.807) is 35.2 Å². The van der Waals surface area contributed by atoms with E-state index in [1.165, 1.54) is 6.07 Å². The van der Waals surface area contributed by atoms with Gasteiger partial charge in [-0.05, 0) is 111 Å². The van der Waals surface area contributed by atoms with Gasteiger partial charge in [-0.3, -0.25) is 39.1 Å². The van der Waals surface area contributed by atoms with Crippen LogP contribution in [0.15, 0.2) is 48.5 Å². The van der Waals surface area contributed by atoms with Gasteiger partial charge >= 0.3 is 0 Å². The number of rotatable bonds is 5. The van der Waals surface area contributed by atoms with Crippen molar-refractivity contribution >= 4 is 52.5 Å². The number of carbonyl (C=O) groups excluding carboxylic acids is 5. The van der Waals surface area contributed by atoms with Crippen molar-refractivity contribution in [3.63, 3.8) is 0 Å². The summed E-state index contributed by atoms with van der Waals surface area (Å²) in [6.07, 6.45) is 4.56. The molecule has 1 spiro atoms. The fourth-order valence-electron chi connectivity index (χ4n) is 10.2. The molecule has 12 nitrogen and oxygen atoms in total. The largest absolute Gasteiger partial charge is 0.369 e. The van der Waals surface area contributed by atoms with E-state index in [2.05, 4.69) is 33.0 Å². The van der Waals surface area contributed by atoms with E-state index < -0.39 is 29.7 Å².